The van der Waals surface area contributed by atoms with Crippen molar-refractivity contribution in [3.63, 3.8) is 0 Å². The molecule has 0 aliphatic rings. The van der Waals surface area contributed by atoms with Crippen LogP contribution < -0.4 is 11.5 Å². The molecule has 1 heterocycles. The topological polar surface area (TPSA) is 89.9 Å². The molecule has 5 heteroatoms. The van der Waals surface area contributed by atoms with Crippen LogP contribution in [0.5, 0.6) is 0 Å². The molecule has 0 saturated carbocycles. The third-order valence-electron chi connectivity index (χ3n) is 5.13. The van der Waals surface area contributed by atoms with E-state index in [4.69, 9.17) is 15.9 Å². The highest BCUT2D eigenvalue weighted by molar-refractivity contribution is 5.98. The lowest BCUT2D eigenvalue weighted by atomic mass is 10.0. The first-order valence-electron chi connectivity index (χ1n) is 10.7. The van der Waals surface area contributed by atoms with E-state index in [0.29, 0.717) is 11.7 Å². The van der Waals surface area contributed by atoms with Crippen LogP contribution >= 0.6 is 0 Å². The van der Waals surface area contributed by atoms with Gasteiger partial charge >= 0.3 is 0 Å². The summed E-state index contributed by atoms with van der Waals surface area (Å²) in [5, 5.41) is 0. The quantitative estimate of drug-likeness (QED) is 0.413. The fourth-order valence-electron chi connectivity index (χ4n) is 3.44. The van der Waals surface area contributed by atoms with Gasteiger partial charge in [0.15, 0.2) is 0 Å². The third kappa shape index (κ3) is 5.05. The number of nitrogens with two attached hydrogens (primary N) is 2. The summed E-state index contributed by atoms with van der Waals surface area (Å²) in [6, 6.07) is 16.4. The van der Waals surface area contributed by atoms with Gasteiger partial charge in [0, 0.05) is 34.3 Å². The van der Waals surface area contributed by atoms with Crippen molar-refractivity contribution in [2.45, 2.75) is 53.6 Å². The lowest BCUT2D eigenvalue weighted by Crippen LogP contribution is -2.15. The normalized spacial score (nSPS) is 12.8. The van der Waals surface area contributed by atoms with E-state index in [-0.39, 0.29) is 12.1 Å². The summed E-state index contributed by atoms with van der Waals surface area (Å²) < 4.78 is 6.32. The molecular weight excluding hydrogens is 384 g/mol. The standard InChI is InChI=1S/C26H32N4O/c1-15(2)29-25(27)21-11-7-19(8-12-21)23-17(5)18(6)24(31-23)20-9-13-22(14-10-20)26(28)30-16(3)4/h7-16H,1-6H3,(H2,27,29)(H2,28,30). The van der Waals surface area contributed by atoms with Gasteiger partial charge in [0.1, 0.15) is 23.2 Å². The predicted octanol–water partition coefficient (Wildman–Crippen LogP) is 5.46. The van der Waals surface area contributed by atoms with Gasteiger partial charge in [-0.15, -0.1) is 0 Å². The second kappa shape index (κ2) is 9.21. The summed E-state index contributed by atoms with van der Waals surface area (Å²) >= 11 is 0. The molecule has 0 aliphatic carbocycles. The zero-order valence-electron chi connectivity index (χ0n) is 19.2. The molecule has 0 spiro atoms. The van der Waals surface area contributed by atoms with Crippen molar-refractivity contribution in [1.82, 2.24) is 0 Å². The van der Waals surface area contributed by atoms with E-state index < -0.39 is 0 Å². The number of aliphatic imine (C=N–C) groups is 2. The molecule has 4 N–H and O–H groups in total. The average Bonchev–Trinajstić information content (AvgIpc) is 3.02. The van der Waals surface area contributed by atoms with Gasteiger partial charge in [0.2, 0.25) is 0 Å². The molecule has 0 aliphatic heterocycles. The van der Waals surface area contributed by atoms with Crippen LogP contribution in [0, 0.1) is 13.8 Å². The highest BCUT2D eigenvalue weighted by Crippen LogP contribution is 2.36. The first-order valence-corrected chi connectivity index (χ1v) is 10.7. The van der Waals surface area contributed by atoms with Gasteiger partial charge in [0.25, 0.3) is 0 Å². The Hall–Kier alpha value is -3.34. The summed E-state index contributed by atoms with van der Waals surface area (Å²) in [7, 11) is 0. The van der Waals surface area contributed by atoms with Gasteiger partial charge in [-0.05, 0) is 52.7 Å². The third-order valence-corrected chi connectivity index (χ3v) is 5.13. The molecule has 0 saturated heterocycles. The maximum Gasteiger partial charge on any atom is 0.137 e. The molecule has 0 unspecified atom stereocenters. The van der Waals surface area contributed by atoms with Crippen LogP contribution in [0.2, 0.25) is 0 Å². The molecule has 31 heavy (non-hydrogen) atoms. The molecule has 3 rings (SSSR count). The first kappa shape index (κ1) is 22.3. The van der Waals surface area contributed by atoms with Crippen LogP contribution in [-0.4, -0.2) is 23.8 Å². The van der Waals surface area contributed by atoms with Gasteiger partial charge < -0.3 is 15.9 Å². The van der Waals surface area contributed by atoms with Gasteiger partial charge in [-0.25, -0.2) is 0 Å². The average molecular weight is 417 g/mol. The zero-order valence-corrected chi connectivity index (χ0v) is 19.2. The minimum Gasteiger partial charge on any atom is -0.456 e. The summed E-state index contributed by atoms with van der Waals surface area (Å²) in [5.74, 6) is 2.83. The first-order chi connectivity index (χ1) is 14.7. The van der Waals surface area contributed by atoms with E-state index in [9.17, 15) is 0 Å². The van der Waals surface area contributed by atoms with E-state index in [1.54, 1.807) is 0 Å². The molecule has 0 amide bonds. The number of furan rings is 1. The second-order valence-electron chi connectivity index (χ2n) is 8.38. The van der Waals surface area contributed by atoms with Gasteiger partial charge in [0.05, 0.1) is 0 Å². The SMILES string of the molecule is Cc1c(-c2ccc(C(N)=NC(C)C)cc2)oc(-c2ccc(C(N)=NC(C)C)cc2)c1C. The van der Waals surface area contributed by atoms with E-state index in [1.165, 1.54) is 0 Å². The van der Waals surface area contributed by atoms with E-state index in [0.717, 1.165) is 44.9 Å². The number of hydrogen-bond donors (Lipinski definition) is 2. The Bertz CT molecular complexity index is 1010. The van der Waals surface area contributed by atoms with Crippen molar-refractivity contribution in [1.29, 1.82) is 0 Å². The van der Waals surface area contributed by atoms with Crippen molar-refractivity contribution < 1.29 is 4.42 Å². The molecule has 1 aromatic heterocycles. The number of amidine groups is 2. The minimum atomic E-state index is 0.163. The van der Waals surface area contributed by atoms with Gasteiger partial charge in [-0.1, -0.05) is 48.5 Å². The fourth-order valence-corrected chi connectivity index (χ4v) is 3.44. The molecular formula is C26H32N4O. The minimum absolute atomic E-state index is 0.163. The van der Waals surface area contributed by atoms with Crippen LogP contribution in [0.4, 0.5) is 0 Å². The summed E-state index contributed by atoms with van der Waals surface area (Å²) in [4.78, 5) is 8.83. The highest BCUT2D eigenvalue weighted by atomic mass is 16.3. The Morgan fingerprint density at radius 1 is 0.645 bits per heavy atom. The molecule has 5 nitrogen and oxygen atoms in total. The second-order valence-corrected chi connectivity index (χ2v) is 8.38. The lowest BCUT2D eigenvalue weighted by Gasteiger charge is -2.06. The van der Waals surface area contributed by atoms with E-state index in [1.807, 2.05) is 76.2 Å². The van der Waals surface area contributed by atoms with Gasteiger partial charge in [-0.3, -0.25) is 9.98 Å². The lowest BCUT2D eigenvalue weighted by molar-refractivity contribution is 0.594. The molecule has 0 bridgehead atoms. The Labute approximate surface area is 184 Å². The Kier molecular flexibility index (Phi) is 6.64. The van der Waals surface area contributed by atoms with Crippen LogP contribution in [0.1, 0.15) is 49.9 Å². The van der Waals surface area contributed by atoms with Crippen LogP contribution in [0.15, 0.2) is 62.9 Å². The summed E-state index contributed by atoms with van der Waals surface area (Å²) in [5.41, 5.74) is 18.3. The fraction of sp³-hybridized carbons (Fsp3) is 0.308. The monoisotopic (exact) mass is 416 g/mol. The number of nitrogens with zero attached hydrogens (tertiary/aromatic N) is 2. The van der Waals surface area contributed by atoms with Crippen LogP contribution in [-0.2, 0) is 0 Å². The smallest absolute Gasteiger partial charge is 0.137 e. The molecule has 0 fully saturated rings. The summed E-state index contributed by atoms with van der Waals surface area (Å²) in [6.07, 6.45) is 0. The van der Waals surface area contributed by atoms with Crippen LogP contribution in [0.3, 0.4) is 0 Å². The largest absolute Gasteiger partial charge is 0.456 e. The maximum atomic E-state index is 6.32. The Morgan fingerprint density at radius 2 is 0.968 bits per heavy atom. The molecule has 162 valence electrons. The predicted molar refractivity (Wildman–Crippen MR) is 131 cm³/mol. The highest BCUT2D eigenvalue weighted by Gasteiger charge is 2.17. The van der Waals surface area contributed by atoms with Crippen molar-refractivity contribution in [2.75, 3.05) is 0 Å². The molecule has 0 radical (unpaired) electrons. The molecule has 3 aromatic rings. The van der Waals surface area contributed by atoms with Crippen molar-refractivity contribution in [3.05, 3.63) is 70.8 Å². The Morgan fingerprint density at radius 3 is 1.26 bits per heavy atom. The van der Waals surface area contributed by atoms with E-state index >= 15 is 0 Å². The van der Waals surface area contributed by atoms with Crippen molar-refractivity contribution in [2.24, 2.45) is 21.5 Å². The van der Waals surface area contributed by atoms with Crippen molar-refractivity contribution >= 4 is 11.7 Å². The molecule has 2 aromatic carbocycles. The number of rotatable bonds is 6. The maximum absolute atomic E-state index is 6.32. The number of hydrogen-bond acceptors (Lipinski definition) is 3. The Balaban J connectivity index is 1.92. The van der Waals surface area contributed by atoms with Crippen molar-refractivity contribution in [3.8, 4) is 22.6 Å². The number of benzene rings is 2. The summed E-state index contributed by atoms with van der Waals surface area (Å²) in [6.45, 7) is 12.2. The molecule has 0 atom stereocenters. The van der Waals surface area contributed by atoms with E-state index in [2.05, 4.69) is 23.8 Å². The van der Waals surface area contributed by atoms with Gasteiger partial charge in [-0.2, -0.15) is 0 Å². The van der Waals surface area contributed by atoms with Crippen LogP contribution in [0.25, 0.3) is 22.6 Å². The zero-order chi connectivity index (χ0) is 22.7.